The minimum atomic E-state index is -3.93. The Morgan fingerprint density at radius 1 is 1.12 bits per heavy atom. The second-order valence-corrected chi connectivity index (χ2v) is 6.81. The maximum absolute atomic E-state index is 11.7. The number of aromatic nitrogens is 2. The van der Waals surface area contributed by atoms with Gasteiger partial charge in [0.15, 0.2) is 0 Å². The number of benzene rings is 2. The summed E-state index contributed by atoms with van der Waals surface area (Å²) in [5, 5.41) is 26.7. The van der Waals surface area contributed by atoms with Crippen molar-refractivity contribution in [2.75, 3.05) is 5.32 Å². The molecule has 0 radical (unpaired) electrons. The van der Waals surface area contributed by atoms with Crippen molar-refractivity contribution in [2.24, 2.45) is 5.14 Å². The van der Waals surface area contributed by atoms with Crippen LogP contribution in [-0.4, -0.2) is 23.5 Å². The van der Waals surface area contributed by atoms with Crippen molar-refractivity contribution in [1.82, 2.24) is 9.97 Å². The lowest BCUT2D eigenvalue weighted by atomic mass is 10.1. The number of sulfonamides is 1. The average Bonchev–Trinajstić information content (AvgIpc) is 2.62. The third-order valence-electron chi connectivity index (χ3n) is 3.49. The quantitative estimate of drug-likeness (QED) is 0.641. The number of para-hydroxylation sites is 1. The molecule has 0 spiro atoms. The highest BCUT2D eigenvalue weighted by atomic mass is 32.2. The smallest absolute Gasteiger partial charge is 0.240 e. The van der Waals surface area contributed by atoms with E-state index in [9.17, 15) is 18.8 Å². The largest absolute Gasteiger partial charge is 0.508 e. The van der Waals surface area contributed by atoms with E-state index in [1.54, 1.807) is 24.3 Å². The van der Waals surface area contributed by atoms with Crippen LogP contribution in [0.15, 0.2) is 59.6 Å². The highest BCUT2D eigenvalue weighted by Gasteiger charge is 2.15. The number of nitrogens with two attached hydrogens (primary N) is 1. The normalized spacial score (nSPS) is 10.9. The van der Waals surface area contributed by atoms with Crippen LogP contribution in [0.2, 0.25) is 0 Å². The van der Waals surface area contributed by atoms with E-state index in [1.165, 1.54) is 30.5 Å². The van der Waals surface area contributed by atoms with Crippen molar-refractivity contribution in [1.29, 1.82) is 5.26 Å². The minimum Gasteiger partial charge on any atom is -0.508 e. The molecule has 9 heteroatoms. The number of phenols is 1. The van der Waals surface area contributed by atoms with Gasteiger partial charge in [-0.1, -0.05) is 12.1 Å². The van der Waals surface area contributed by atoms with Crippen LogP contribution in [0.4, 0.5) is 11.6 Å². The van der Waals surface area contributed by atoms with E-state index >= 15 is 0 Å². The van der Waals surface area contributed by atoms with Crippen molar-refractivity contribution in [3.8, 4) is 23.1 Å². The third kappa shape index (κ3) is 3.61. The Balaban J connectivity index is 2.05. The van der Waals surface area contributed by atoms with Gasteiger partial charge in [0.2, 0.25) is 16.0 Å². The molecule has 0 amide bonds. The van der Waals surface area contributed by atoms with Crippen molar-refractivity contribution in [3.05, 3.63) is 60.3 Å². The highest BCUT2D eigenvalue weighted by Crippen LogP contribution is 2.26. The average molecular weight is 367 g/mol. The van der Waals surface area contributed by atoms with E-state index in [0.717, 1.165) is 0 Å². The first-order chi connectivity index (χ1) is 12.4. The van der Waals surface area contributed by atoms with E-state index in [4.69, 9.17) is 5.14 Å². The fourth-order valence-corrected chi connectivity index (χ4v) is 3.00. The van der Waals surface area contributed by atoms with Crippen LogP contribution in [-0.2, 0) is 10.0 Å². The fourth-order valence-electron chi connectivity index (χ4n) is 2.30. The van der Waals surface area contributed by atoms with Crippen molar-refractivity contribution < 1.29 is 13.5 Å². The van der Waals surface area contributed by atoms with Gasteiger partial charge in [0.1, 0.15) is 16.7 Å². The number of primary sulfonamides is 1. The second kappa shape index (κ2) is 6.79. The predicted octanol–water partition coefficient (Wildman–Crippen LogP) is 2.11. The Labute approximate surface area is 149 Å². The third-order valence-corrected chi connectivity index (χ3v) is 4.46. The molecular weight excluding hydrogens is 354 g/mol. The molecule has 26 heavy (non-hydrogen) atoms. The summed E-state index contributed by atoms with van der Waals surface area (Å²) in [6.07, 6.45) is 1.33. The predicted molar refractivity (Wildman–Crippen MR) is 94.9 cm³/mol. The van der Waals surface area contributed by atoms with Crippen molar-refractivity contribution in [3.63, 3.8) is 0 Å². The Morgan fingerprint density at radius 2 is 1.81 bits per heavy atom. The lowest BCUT2D eigenvalue weighted by Crippen LogP contribution is -2.14. The molecule has 3 aromatic rings. The SMILES string of the molecule is N#Cc1cnc(Nc2ccccc2S(N)(=O)=O)nc1-c1ccc(O)cc1. The first-order valence-electron chi connectivity index (χ1n) is 7.34. The summed E-state index contributed by atoms with van der Waals surface area (Å²) >= 11 is 0. The second-order valence-electron chi connectivity index (χ2n) is 5.28. The summed E-state index contributed by atoms with van der Waals surface area (Å²) in [6.45, 7) is 0. The van der Waals surface area contributed by atoms with Crippen molar-refractivity contribution in [2.45, 2.75) is 4.90 Å². The van der Waals surface area contributed by atoms with E-state index < -0.39 is 10.0 Å². The van der Waals surface area contributed by atoms with E-state index in [0.29, 0.717) is 11.3 Å². The molecule has 0 fully saturated rings. The monoisotopic (exact) mass is 367 g/mol. The van der Waals surface area contributed by atoms with Gasteiger partial charge in [-0.15, -0.1) is 0 Å². The molecule has 2 aromatic carbocycles. The zero-order valence-electron chi connectivity index (χ0n) is 13.3. The molecule has 0 aliphatic heterocycles. The minimum absolute atomic E-state index is 0.0849. The molecule has 0 aliphatic carbocycles. The Bertz CT molecular complexity index is 1110. The maximum atomic E-state index is 11.7. The van der Waals surface area contributed by atoms with Gasteiger partial charge in [-0.05, 0) is 36.4 Å². The molecule has 0 aliphatic rings. The van der Waals surface area contributed by atoms with Crippen LogP contribution < -0.4 is 10.5 Å². The fraction of sp³-hybridized carbons (Fsp3) is 0. The van der Waals surface area contributed by atoms with Gasteiger partial charge in [-0.2, -0.15) is 5.26 Å². The molecular formula is C17H13N5O3S. The molecule has 0 unspecified atom stereocenters. The zero-order chi connectivity index (χ0) is 18.7. The standard InChI is InChI=1S/C17H13N5O3S/c18-9-12-10-20-17(22-16(12)11-5-7-13(23)8-6-11)21-14-3-1-2-4-15(14)26(19,24)25/h1-8,10,23H,(H2,19,24,25)(H,20,21,22). The van der Waals surface area contributed by atoms with Crippen LogP contribution in [0.5, 0.6) is 5.75 Å². The van der Waals surface area contributed by atoms with E-state index in [1.807, 2.05) is 6.07 Å². The number of hydrogen-bond donors (Lipinski definition) is 3. The van der Waals surface area contributed by atoms with Crippen LogP contribution in [0.3, 0.4) is 0 Å². The molecule has 3 rings (SSSR count). The first kappa shape index (κ1) is 17.3. The molecule has 0 saturated carbocycles. The molecule has 4 N–H and O–H groups in total. The van der Waals surface area contributed by atoms with Gasteiger partial charge in [-0.3, -0.25) is 0 Å². The molecule has 0 atom stereocenters. The first-order valence-corrected chi connectivity index (χ1v) is 8.88. The summed E-state index contributed by atoms with van der Waals surface area (Å²) in [5.41, 5.74) is 1.40. The molecule has 0 saturated heterocycles. The highest BCUT2D eigenvalue weighted by molar-refractivity contribution is 7.89. The molecule has 8 nitrogen and oxygen atoms in total. The number of anilines is 2. The topological polar surface area (TPSA) is 142 Å². The number of rotatable bonds is 4. The lowest BCUT2D eigenvalue weighted by Gasteiger charge is -2.11. The van der Waals surface area contributed by atoms with E-state index in [-0.39, 0.29) is 27.8 Å². The lowest BCUT2D eigenvalue weighted by molar-refractivity contribution is 0.475. The summed E-state index contributed by atoms with van der Waals surface area (Å²) in [6, 6.07) is 14.3. The summed E-state index contributed by atoms with van der Waals surface area (Å²) < 4.78 is 23.4. The van der Waals surface area contributed by atoms with Gasteiger partial charge in [0.05, 0.1) is 23.1 Å². The molecule has 0 bridgehead atoms. The number of hydrogen-bond acceptors (Lipinski definition) is 7. The maximum Gasteiger partial charge on any atom is 0.240 e. The van der Waals surface area contributed by atoms with Gasteiger partial charge >= 0.3 is 0 Å². The number of nitrogens with zero attached hydrogens (tertiary/aromatic N) is 3. The molecule has 1 aromatic heterocycles. The number of nitrogens with one attached hydrogen (secondary N) is 1. The van der Waals surface area contributed by atoms with Crippen LogP contribution in [0.1, 0.15) is 5.56 Å². The molecule has 1 heterocycles. The Kier molecular flexibility index (Phi) is 4.53. The molecule has 130 valence electrons. The van der Waals surface area contributed by atoms with Crippen LogP contribution >= 0.6 is 0 Å². The number of aromatic hydroxyl groups is 1. The van der Waals surface area contributed by atoms with Gasteiger partial charge in [0.25, 0.3) is 0 Å². The Morgan fingerprint density at radius 3 is 2.46 bits per heavy atom. The van der Waals surface area contributed by atoms with Crippen molar-refractivity contribution >= 4 is 21.7 Å². The van der Waals surface area contributed by atoms with Gasteiger partial charge < -0.3 is 10.4 Å². The van der Waals surface area contributed by atoms with E-state index in [2.05, 4.69) is 15.3 Å². The number of phenolic OH excluding ortho intramolecular Hbond substituents is 1. The zero-order valence-corrected chi connectivity index (χ0v) is 14.1. The van der Waals surface area contributed by atoms with Gasteiger partial charge in [0, 0.05) is 5.56 Å². The van der Waals surface area contributed by atoms with Gasteiger partial charge in [-0.25, -0.2) is 23.5 Å². The summed E-state index contributed by atoms with van der Waals surface area (Å²) in [7, 11) is -3.93. The van der Waals surface area contributed by atoms with Crippen LogP contribution in [0.25, 0.3) is 11.3 Å². The summed E-state index contributed by atoms with van der Waals surface area (Å²) in [4.78, 5) is 8.24. The Hall–Kier alpha value is -3.48. The van der Waals surface area contributed by atoms with Crippen LogP contribution in [0, 0.1) is 11.3 Å². The number of nitriles is 1. The summed E-state index contributed by atoms with van der Waals surface area (Å²) in [5.74, 6) is 0.185.